The number of benzene rings is 1. The Morgan fingerprint density at radius 3 is 2.56 bits per heavy atom. The molecular formula is C17H15F2N3O2S. The topological polar surface area (TPSA) is 82.0 Å². The summed E-state index contributed by atoms with van der Waals surface area (Å²) in [5.74, 6) is -0.743. The fraction of sp³-hybridized carbons (Fsp3) is 0.176. The van der Waals surface area contributed by atoms with Crippen molar-refractivity contribution in [1.82, 2.24) is 15.0 Å². The first-order valence-electron chi connectivity index (χ1n) is 7.46. The average Bonchev–Trinajstić information content (AvgIpc) is 3.04. The van der Waals surface area contributed by atoms with Gasteiger partial charge in [-0.3, -0.25) is 0 Å². The number of rotatable bonds is 6. The van der Waals surface area contributed by atoms with Gasteiger partial charge < -0.3 is 15.2 Å². The van der Waals surface area contributed by atoms with E-state index >= 15 is 0 Å². The lowest BCUT2D eigenvalue weighted by Crippen LogP contribution is -2.14. The maximum Gasteiger partial charge on any atom is 0.213 e. The molecule has 3 aromatic rings. The zero-order valence-electron chi connectivity index (χ0n) is 13.0. The Kier molecular flexibility index (Phi) is 5.42. The van der Waals surface area contributed by atoms with Crippen LogP contribution in [0.25, 0.3) is 22.5 Å². The standard InChI is InChI=1S/C17H15F2N3O2S/c18-12-3-1-10(2-4-12)15-16(11-5-6-20-14(19)7-11)22-17(21-15)25-9-13(24)8-23/h1-7,13,23-24H,8-9H2,(H,21,22). The molecule has 3 N–H and O–H groups in total. The van der Waals surface area contributed by atoms with Gasteiger partial charge in [0.15, 0.2) is 5.16 Å². The van der Waals surface area contributed by atoms with Crippen molar-refractivity contribution < 1.29 is 19.0 Å². The van der Waals surface area contributed by atoms with Crippen LogP contribution in [0.2, 0.25) is 0 Å². The lowest BCUT2D eigenvalue weighted by molar-refractivity contribution is 0.113. The molecule has 0 aliphatic carbocycles. The van der Waals surface area contributed by atoms with Crippen LogP contribution in [0.4, 0.5) is 8.78 Å². The van der Waals surface area contributed by atoms with Crippen molar-refractivity contribution in [2.45, 2.75) is 11.3 Å². The van der Waals surface area contributed by atoms with Crippen LogP contribution in [-0.4, -0.2) is 43.6 Å². The van der Waals surface area contributed by atoms with Crippen molar-refractivity contribution in [3.8, 4) is 22.5 Å². The Morgan fingerprint density at radius 1 is 1.12 bits per heavy atom. The Morgan fingerprint density at radius 2 is 1.88 bits per heavy atom. The van der Waals surface area contributed by atoms with Crippen molar-refractivity contribution in [3.05, 3.63) is 54.4 Å². The van der Waals surface area contributed by atoms with Gasteiger partial charge in [-0.25, -0.2) is 14.4 Å². The molecule has 8 heteroatoms. The number of aliphatic hydroxyl groups excluding tert-OH is 2. The molecule has 0 fully saturated rings. The smallest absolute Gasteiger partial charge is 0.213 e. The SMILES string of the molecule is OCC(O)CSc1nc(-c2ccnc(F)c2)c(-c2ccc(F)cc2)[nH]1. The van der Waals surface area contributed by atoms with Crippen molar-refractivity contribution >= 4 is 11.8 Å². The lowest BCUT2D eigenvalue weighted by Gasteiger charge is -2.03. The number of aliphatic hydroxyl groups is 2. The summed E-state index contributed by atoms with van der Waals surface area (Å²) in [6, 6.07) is 8.75. The third-order valence-electron chi connectivity index (χ3n) is 3.44. The fourth-order valence-electron chi connectivity index (χ4n) is 2.23. The molecular weight excluding hydrogens is 348 g/mol. The second-order valence-corrected chi connectivity index (χ2v) is 6.30. The van der Waals surface area contributed by atoms with Crippen molar-refractivity contribution in [1.29, 1.82) is 0 Å². The zero-order valence-corrected chi connectivity index (χ0v) is 13.8. The molecule has 130 valence electrons. The molecule has 0 aliphatic heterocycles. The number of halogens is 2. The van der Waals surface area contributed by atoms with E-state index in [4.69, 9.17) is 5.11 Å². The molecule has 2 aromatic heterocycles. The van der Waals surface area contributed by atoms with E-state index in [0.717, 1.165) is 0 Å². The van der Waals surface area contributed by atoms with Gasteiger partial charge in [0.25, 0.3) is 0 Å². The van der Waals surface area contributed by atoms with Crippen LogP contribution in [0.3, 0.4) is 0 Å². The summed E-state index contributed by atoms with van der Waals surface area (Å²) in [4.78, 5) is 11.1. The summed E-state index contributed by atoms with van der Waals surface area (Å²) in [6.45, 7) is -0.346. The lowest BCUT2D eigenvalue weighted by atomic mass is 10.1. The van der Waals surface area contributed by atoms with E-state index in [2.05, 4.69) is 15.0 Å². The van der Waals surface area contributed by atoms with Crippen LogP contribution in [0.5, 0.6) is 0 Å². The number of nitrogens with zero attached hydrogens (tertiary/aromatic N) is 2. The van der Waals surface area contributed by atoms with E-state index in [1.165, 1.54) is 36.2 Å². The fourth-order valence-corrected chi connectivity index (χ4v) is 3.02. The summed E-state index contributed by atoms with van der Waals surface area (Å²) in [5, 5.41) is 18.9. The van der Waals surface area contributed by atoms with E-state index in [1.54, 1.807) is 18.2 Å². The minimum atomic E-state index is -0.869. The Bertz CT molecular complexity index is 855. The molecule has 0 saturated carbocycles. The van der Waals surface area contributed by atoms with E-state index in [-0.39, 0.29) is 18.2 Å². The highest BCUT2D eigenvalue weighted by Gasteiger charge is 2.16. The van der Waals surface area contributed by atoms with Crippen molar-refractivity contribution in [2.75, 3.05) is 12.4 Å². The molecule has 0 spiro atoms. The Balaban J connectivity index is 2.01. The van der Waals surface area contributed by atoms with Gasteiger partial charge in [-0.05, 0) is 30.3 Å². The first-order chi connectivity index (χ1) is 12.1. The maximum absolute atomic E-state index is 13.5. The summed E-state index contributed by atoms with van der Waals surface area (Å²) >= 11 is 1.22. The molecule has 0 saturated heterocycles. The third-order valence-corrected chi connectivity index (χ3v) is 4.46. The first kappa shape index (κ1) is 17.5. The maximum atomic E-state index is 13.5. The predicted octanol–water partition coefficient (Wildman–Crippen LogP) is 2.86. The summed E-state index contributed by atoms with van der Waals surface area (Å²) < 4.78 is 26.7. The molecule has 25 heavy (non-hydrogen) atoms. The molecule has 1 aromatic carbocycles. The summed E-state index contributed by atoms with van der Waals surface area (Å²) in [7, 11) is 0. The number of imidazole rings is 1. The van der Waals surface area contributed by atoms with Gasteiger partial charge in [0, 0.05) is 29.1 Å². The average molecular weight is 363 g/mol. The summed E-state index contributed by atoms with van der Waals surface area (Å²) in [5.41, 5.74) is 2.31. The number of H-pyrrole nitrogens is 1. The second kappa shape index (κ2) is 7.73. The quantitative estimate of drug-likeness (QED) is 0.463. The van der Waals surface area contributed by atoms with Crippen molar-refractivity contribution in [2.24, 2.45) is 0 Å². The minimum absolute atomic E-state index is 0.247. The summed E-state index contributed by atoms with van der Waals surface area (Å²) in [6.07, 6.45) is 0.474. The Labute approximate surface area is 146 Å². The second-order valence-electron chi connectivity index (χ2n) is 5.29. The molecule has 5 nitrogen and oxygen atoms in total. The molecule has 0 amide bonds. The van der Waals surface area contributed by atoms with E-state index in [1.807, 2.05) is 0 Å². The number of pyridine rings is 1. The van der Waals surface area contributed by atoms with Gasteiger partial charge in [-0.1, -0.05) is 11.8 Å². The van der Waals surface area contributed by atoms with Crippen LogP contribution in [0, 0.1) is 11.8 Å². The van der Waals surface area contributed by atoms with Crippen LogP contribution >= 0.6 is 11.8 Å². The first-order valence-corrected chi connectivity index (χ1v) is 8.45. The van der Waals surface area contributed by atoms with Gasteiger partial charge in [0.1, 0.15) is 5.82 Å². The van der Waals surface area contributed by atoms with E-state index in [0.29, 0.717) is 27.7 Å². The minimum Gasteiger partial charge on any atom is -0.394 e. The largest absolute Gasteiger partial charge is 0.394 e. The molecule has 2 heterocycles. The van der Waals surface area contributed by atoms with Crippen LogP contribution in [0.1, 0.15) is 0 Å². The van der Waals surface area contributed by atoms with Crippen LogP contribution < -0.4 is 0 Å². The highest BCUT2D eigenvalue weighted by atomic mass is 32.2. The van der Waals surface area contributed by atoms with Crippen LogP contribution in [-0.2, 0) is 0 Å². The van der Waals surface area contributed by atoms with Crippen LogP contribution in [0.15, 0.2) is 47.8 Å². The van der Waals surface area contributed by atoms with Gasteiger partial charge in [0.05, 0.1) is 24.1 Å². The number of hydrogen-bond acceptors (Lipinski definition) is 5. The zero-order chi connectivity index (χ0) is 17.8. The number of thioether (sulfide) groups is 1. The number of nitrogens with one attached hydrogen (secondary N) is 1. The number of aromatic nitrogens is 3. The molecule has 0 aliphatic rings. The van der Waals surface area contributed by atoms with E-state index < -0.39 is 12.1 Å². The predicted molar refractivity (Wildman–Crippen MR) is 91.0 cm³/mol. The molecule has 3 rings (SSSR count). The molecule has 0 bridgehead atoms. The monoisotopic (exact) mass is 363 g/mol. The number of hydrogen-bond donors (Lipinski definition) is 3. The van der Waals surface area contributed by atoms with Gasteiger partial charge >= 0.3 is 0 Å². The normalized spacial score (nSPS) is 12.3. The third kappa shape index (κ3) is 4.22. The number of aromatic amines is 1. The van der Waals surface area contributed by atoms with Gasteiger partial charge in [-0.15, -0.1) is 0 Å². The van der Waals surface area contributed by atoms with Gasteiger partial charge in [0.2, 0.25) is 5.95 Å². The molecule has 0 radical (unpaired) electrons. The van der Waals surface area contributed by atoms with E-state index in [9.17, 15) is 13.9 Å². The highest BCUT2D eigenvalue weighted by molar-refractivity contribution is 7.99. The van der Waals surface area contributed by atoms with Gasteiger partial charge in [-0.2, -0.15) is 4.39 Å². The highest BCUT2D eigenvalue weighted by Crippen LogP contribution is 2.33. The Hall–Kier alpha value is -2.29. The molecule has 1 atom stereocenters. The van der Waals surface area contributed by atoms with Crippen molar-refractivity contribution in [3.63, 3.8) is 0 Å². The molecule has 1 unspecified atom stereocenters.